The van der Waals surface area contributed by atoms with Crippen LogP contribution in [0.5, 0.6) is 5.75 Å². The summed E-state index contributed by atoms with van der Waals surface area (Å²) in [4.78, 5) is 29.2. The molecule has 9 heteroatoms. The summed E-state index contributed by atoms with van der Waals surface area (Å²) >= 11 is 13.2. The maximum Gasteiger partial charge on any atom is 0.293 e. The Labute approximate surface area is 229 Å². The molecule has 2 amide bonds. The Morgan fingerprint density at radius 2 is 1.76 bits per heavy atom. The average Bonchev–Trinajstić information content (AvgIpc) is 3.14. The lowest BCUT2D eigenvalue weighted by Crippen LogP contribution is -2.27. The Kier molecular flexibility index (Phi) is 8.79. The summed E-state index contributed by atoms with van der Waals surface area (Å²) < 4.78 is 20.3. The molecule has 192 valence electrons. The number of nitrogens with zero attached hydrogens (tertiary/aromatic N) is 2. The van der Waals surface area contributed by atoms with Gasteiger partial charge in [-0.15, -0.1) is 0 Å². The first-order valence-electron chi connectivity index (χ1n) is 11.7. The van der Waals surface area contributed by atoms with Crippen LogP contribution in [0.25, 0.3) is 6.08 Å². The van der Waals surface area contributed by atoms with Crippen LogP contribution in [0.4, 0.5) is 14.9 Å². The summed E-state index contributed by atoms with van der Waals surface area (Å²) in [5.41, 5.74) is 2.64. The average molecular weight is 559 g/mol. The van der Waals surface area contributed by atoms with Crippen molar-refractivity contribution >= 4 is 57.9 Å². The number of halogens is 3. The number of thioether (sulfide) groups is 1. The van der Waals surface area contributed by atoms with Gasteiger partial charge >= 0.3 is 0 Å². The fourth-order valence-electron chi connectivity index (χ4n) is 3.92. The van der Waals surface area contributed by atoms with E-state index in [-0.39, 0.29) is 23.6 Å². The molecule has 1 aliphatic rings. The van der Waals surface area contributed by atoms with E-state index in [9.17, 15) is 14.0 Å². The molecule has 0 saturated carbocycles. The maximum atomic E-state index is 14.1. The number of amides is 2. The zero-order valence-electron chi connectivity index (χ0n) is 20.3. The molecule has 1 fully saturated rings. The molecule has 0 bridgehead atoms. The van der Waals surface area contributed by atoms with Crippen LogP contribution in [0.3, 0.4) is 0 Å². The second-order valence-corrected chi connectivity index (χ2v) is 10.1. The van der Waals surface area contributed by atoms with Gasteiger partial charge in [0.15, 0.2) is 0 Å². The SMILES string of the molecule is CCN(CC)c1ccc(/C=C2\SC(=O)N(Cc3ccccc3F)C2=O)c(OCc2ccc(Cl)cc2Cl)c1. The van der Waals surface area contributed by atoms with E-state index in [0.29, 0.717) is 21.4 Å². The number of imide groups is 1. The second kappa shape index (κ2) is 12.0. The third kappa shape index (κ3) is 6.29. The van der Waals surface area contributed by atoms with Crippen molar-refractivity contribution in [3.8, 4) is 5.75 Å². The molecular weight excluding hydrogens is 534 g/mol. The van der Waals surface area contributed by atoms with Gasteiger partial charge in [-0.05, 0) is 62.0 Å². The second-order valence-electron chi connectivity index (χ2n) is 8.28. The first kappa shape index (κ1) is 27.0. The molecule has 4 rings (SSSR count). The van der Waals surface area contributed by atoms with Crippen LogP contribution in [-0.2, 0) is 17.9 Å². The smallest absolute Gasteiger partial charge is 0.293 e. The molecule has 5 nitrogen and oxygen atoms in total. The van der Waals surface area contributed by atoms with E-state index in [1.807, 2.05) is 18.2 Å². The van der Waals surface area contributed by atoms with Gasteiger partial charge in [0.25, 0.3) is 11.1 Å². The van der Waals surface area contributed by atoms with Gasteiger partial charge in [0.05, 0.1) is 11.4 Å². The number of anilines is 1. The van der Waals surface area contributed by atoms with Crippen molar-refractivity contribution in [1.29, 1.82) is 0 Å². The topological polar surface area (TPSA) is 49.9 Å². The molecule has 0 atom stereocenters. The third-order valence-electron chi connectivity index (χ3n) is 5.97. The number of carbonyl (C=O) groups excluding carboxylic acids is 2. The molecule has 0 aliphatic carbocycles. The highest BCUT2D eigenvalue weighted by molar-refractivity contribution is 8.18. The Bertz CT molecular complexity index is 1360. The minimum absolute atomic E-state index is 0.131. The van der Waals surface area contributed by atoms with Gasteiger partial charge in [0.1, 0.15) is 18.2 Å². The largest absolute Gasteiger partial charge is 0.488 e. The number of rotatable bonds is 9. The molecular formula is C28H25Cl2FN2O3S. The van der Waals surface area contributed by atoms with Crippen LogP contribution in [0.1, 0.15) is 30.5 Å². The van der Waals surface area contributed by atoms with Crippen molar-refractivity contribution in [3.63, 3.8) is 0 Å². The van der Waals surface area contributed by atoms with E-state index >= 15 is 0 Å². The van der Waals surface area contributed by atoms with E-state index in [2.05, 4.69) is 18.7 Å². The van der Waals surface area contributed by atoms with Crippen molar-refractivity contribution in [2.75, 3.05) is 18.0 Å². The fourth-order valence-corrected chi connectivity index (χ4v) is 5.21. The highest BCUT2D eigenvalue weighted by atomic mass is 35.5. The number of benzene rings is 3. The van der Waals surface area contributed by atoms with E-state index in [1.165, 1.54) is 6.07 Å². The van der Waals surface area contributed by atoms with Crippen LogP contribution >= 0.6 is 35.0 Å². The Balaban J connectivity index is 1.63. The van der Waals surface area contributed by atoms with Gasteiger partial charge in [-0.3, -0.25) is 14.5 Å². The normalized spacial score (nSPS) is 14.5. The number of carbonyl (C=O) groups is 2. The number of hydrogen-bond acceptors (Lipinski definition) is 5. The lowest BCUT2D eigenvalue weighted by Gasteiger charge is -2.22. The third-order valence-corrected chi connectivity index (χ3v) is 7.46. The fraction of sp³-hybridized carbons (Fsp3) is 0.214. The summed E-state index contributed by atoms with van der Waals surface area (Å²) in [5, 5.41) is 0.571. The summed E-state index contributed by atoms with van der Waals surface area (Å²) in [6, 6.07) is 17.0. The van der Waals surface area contributed by atoms with Gasteiger partial charge in [0.2, 0.25) is 0 Å². The van der Waals surface area contributed by atoms with Crippen LogP contribution in [0, 0.1) is 5.82 Å². The van der Waals surface area contributed by atoms with E-state index in [0.717, 1.165) is 41.0 Å². The first-order chi connectivity index (χ1) is 17.8. The monoisotopic (exact) mass is 558 g/mol. The van der Waals surface area contributed by atoms with Crippen molar-refractivity contribution in [3.05, 3.63) is 98.1 Å². The molecule has 0 unspecified atom stereocenters. The van der Waals surface area contributed by atoms with E-state index in [4.69, 9.17) is 27.9 Å². The first-order valence-corrected chi connectivity index (χ1v) is 13.3. The Hall–Kier alpha value is -3.00. The van der Waals surface area contributed by atoms with E-state index < -0.39 is 17.0 Å². The predicted molar refractivity (Wildman–Crippen MR) is 149 cm³/mol. The Morgan fingerprint density at radius 3 is 2.46 bits per heavy atom. The van der Waals surface area contributed by atoms with Gasteiger partial charge in [-0.1, -0.05) is 47.5 Å². The number of hydrogen-bond donors (Lipinski definition) is 0. The van der Waals surface area contributed by atoms with Gasteiger partial charge in [-0.2, -0.15) is 0 Å². The highest BCUT2D eigenvalue weighted by Crippen LogP contribution is 2.36. The van der Waals surface area contributed by atoms with Crippen molar-refractivity contribution in [2.45, 2.75) is 27.0 Å². The highest BCUT2D eigenvalue weighted by Gasteiger charge is 2.35. The van der Waals surface area contributed by atoms with Crippen LogP contribution in [-0.4, -0.2) is 29.1 Å². The molecule has 3 aromatic carbocycles. The standard InChI is InChI=1S/C28H25Cl2FN2O3S/c1-3-32(4-2)22-12-10-18(25(15-22)36-17-20-9-11-21(29)14-23(20)30)13-26-27(34)33(28(35)37-26)16-19-7-5-6-8-24(19)31/h5-15H,3-4,16-17H2,1-2H3/b26-13-. The summed E-state index contributed by atoms with van der Waals surface area (Å²) in [6.07, 6.45) is 1.64. The van der Waals surface area contributed by atoms with Crippen LogP contribution in [0.2, 0.25) is 10.0 Å². The maximum absolute atomic E-state index is 14.1. The molecule has 0 spiro atoms. The predicted octanol–water partition coefficient (Wildman–Crippen LogP) is 7.79. The molecule has 1 saturated heterocycles. The minimum atomic E-state index is -0.474. The van der Waals surface area contributed by atoms with Crippen molar-refractivity contribution < 1.29 is 18.7 Å². The van der Waals surface area contributed by atoms with Crippen molar-refractivity contribution in [2.24, 2.45) is 0 Å². The number of ether oxygens (including phenoxy) is 1. The van der Waals surface area contributed by atoms with Crippen molar-refractivity contribution in [1.82, 2.24) is 4.90 Å². The van der Waals surface area contributed by atoms with E-state index in [1.54, 1.807) is 42.5 Å². The lowest BCUT2D eigenvalue weighted by molar-refractivity contribution is -0.123. The summed E-state index contributed by atoms with van der Waals surface area (Å²) in [6.45, 7) is 5.82. The summed E-state index contributed by atoms with van der Waals surface area (Å²) in [7, 11) is 0. The molecule has 0 aromatic heterocycles. The minimum Gasteiger partial charge on any atom is -0.488 e. The van der Waals surface area contributed by atoms with Crippen LogP contribution in [0.15, 0.2) is 65.6 Å². The lowest BCUT2D eigenvalue weighted by atomic mass is 10.1. The quantitative estimate of drug-likeness (QED) is 0.251. The van der Waals surface area contributed by atoms with Gasteiger partial charge < -0.3 is 9.64 Å². The molecule has 3 aromatic rings. The Morgan fingerprint density at radius 1 is 1.00 bits per heavy atom. The zero-order chi connectivity index (χ0) is 26.5. The molecule has 0 radical (unpaired) electrons. The van der Waals surface area contributed by atoms with Gasteiger partial charge in [-0.25, -0.2) is 4.39 Å². The molecule has 1 aliphatic heterocycles. The zero-order valence-corrected chi connectivity index (χ0v) is 22.7. The molecule has 37 heavy (non-hydrogen) atoms. The molecule has 1 heterocycles. The summed E-state index contributed by atoms with van der Waals surface area (Å²) in [5.74, 6) is -0.400. The van der Waals surface area contributed by atoms with Crippen LogP contribution < -0.4 is 9.64 Å². The molecule has 0 N–H and O–H groups in total. The van der Waals surface area contributed by atoms with Gasteiger partial charge in [0, 0.05) is 51.6 Å².